The molecule has 0 bridgehead atoms. The molecule has 0 spiro atoms. The molecule has 25 heavy (non-hydrogen) atoms. The maximum atomic E-state index is 12.0. The molecule has 1 atom stereocenters. The van der Waals surface area contributed by atoms with E-state index in [0.717, 1.165) is 17.5 Å². The summed E-state index contributed by atoms with van der Waals surface area (Å²) in [6.07, 6.45) is 2.52. The Balaban J connectivity index is 1.45. The first-order chi connectivity index (χ1) is 12.1. The molecule has 2 heterocycles. The summed E-state index contributed by atoms with van der Waals surface area (Å²) in [5, 5.41) is 9.84. The number of nitrogens with zero attached hydrogens (tertiary/aromatic N) is 2. The van der Waals surface area contributed by atoms with Gasteiger partial charge in [0, 0.05) is 32.9 Å². The molecule has 2 amide bonds. The van der Waals surface area contributed by atoms with Crippen molar-refractivity contribution in [1.29, 1.82) is 0 Å². The van der Waals surface area contributed by atoms with Crippen molar-refractivity contribution >= 4 is 11.8 Å². The van der Waals surface area contributed by atoms with Gasteiger partial charge in [-0.25, -0.2) is 0 Å². The van der Waals surface area contributed by atoms with E-state index in [4.69, 9.17) is 4.74 Å². The van der Waals surface area contributed by atoms with Crippen molar-refractivity contribution in [3.05, 3.63) is 53.3 Å². The van der Waals surface area contributed by atoms with Gasteiger partial charge in [-0.2, -0.15) is 5.10 Å². The highest BCUT2D eigenvalue weighted by Gasteiger charge is 2.22. The Morgan fingerprint density at radius 2 is 1.84 bits per heavy atom. The summed E-state index contributed by atoms with van der Waals surface area (Å²) in [6, 6.07) is 9.47. The van der Waals surface area contributed by atoms with Gasteiger partial charge in [0.15, 0.2) is 0 Å². The predicted molar refractivity (Wildman–Crippen MR) is 91.6 cm³/mol. The molecule has 1 aromatic carbocycles. The van der Waals surface area contributed by atoms with Crippen LogP contribution in [0.25, 0.3) is 0 Å². The fourth-order valence-electron chi connectivity index (χ4n) is 2.66. The number of carbonyl (C=O) groups excluding carboxylic acids is 2. The normalized spacial score (nSPS) is 16.6. The predicted octanol–water partition coefficient (Wildman–Crippen LogP) is 1.00. The highest BCUT2D eigenvalue weighted by molar-refractivity contribution is 5.92. The van der Waals surface area contributed by atoms with E-state index in [1.165, 1.54) is 0 Å². The van der Waals surface area contributed by atoms with E-state index in [1.54, 1.807) is 24.0 Å². The standard InChI is InChI=1S/C18H22N4O3/c1-22-8-6-16(21-22)18(24)20-11-14-4-2-13(3-5-14)10-19-17(23)15-7-9-25-12-15/h2-6,8,15H,7,9-12H2,1H3,(H,19,23)(H,20,24). The van der Waals surface area contributed by atoms with Gasteiger partial charge in [0.1, 0.15) is 5.69 Å². The first-order valence-electron chi connectivity index (χ1n) is 8.33. The zero-order valence-corrected chi connectivity index (χ0v) is 14.2. The number of carbonyl (C=O) groups is 2. The van der Waals surface area contributed by atoms with Crippen molar-refractivity contribution in [1.82, 2.24) is 20.4 Å². The molecule has 0 aliphatic carbocycles. The molecule has 0 saturated carbocycles. The van der Waals surface area contributed by atoms with E-state index < -0.39 is 0 Å². The quantitative estimate of drug-likeness (QED) is 0.820. The molecule has 3 rings (SSSR count). The number of aromatic nitrogens is 2. The largest absolute Gasteiger partial charge is 0.381 e. The molecule has 132 valence electrons. The van der Waals surface area contributed by atoms with E-state index in [9.17, 15) is 9.59 Å². The van der Waals surface area contributed by atoms with Crippen LogP contribution < -0.4 is 10.6 Å². The lowest BCUT2D eigenvalue weighted by molar-refractivity contribution is -0.125. The third-order valence-corrected chi connectivity index (χ3v) is 4.19. The maximum absolute atomic E-state index is 12.0. The van der Waals surface area contributed by atoms with E-state index in [1.807, 2.05) is 24.3 Å². The average molecular weight is 342 g/mol. The van der Waals surface area contributed by atoms with Gasteiger partial charge in [-0.15, -0.1) is 0 Å². The van der Waals surface area contributed by atoms with E-state index >= 15 is 0 Å². The molecule has 1 aliphatic heterocycles. The second-order valence-corrected chi connectivity index (χ2v) is 6.15. The molecule has 1 aromatic heterocycles. The van der Waals surface area contributed by atoms with Crippen molar-refractivity contribution in [2.24, 2.45) is 13.0 Å². The van der Waals surface area contributed by atoms with Gasteiger partial charge in [-0.05, 0) is 23.6 Å². The fraction of sp³-hybridized carbons (Fsp3) is 0.389. The average Bonchev–Trinajstić information content (AvgIpc) is 3.30. The van der Waals surface area contributed by atoms with Crippen LogP contribution in [0.2, 0.25) is 0 Å². The smallest absolute Gasteiger partial charge is 0.272 e. The monoisotopic (exact) mass is 342 g/mol. The minimum Gasteiger partial charge on any atom is -0.381 e. The van der Waals surface area contributed by atoms with E-state index in [-0.39, 0.29) is 17.7 Å². The second kappa shape index (κ2) is 7.94. The van der Waals surface area contributed by atoms with Crippen molar-refractivity contribution < 1.29 is 14.3 Å². The number of aryl methyl sites for hydroxylation is 1. The number of rotatable bonds is 6. The molecular weight excluding hydrogens is 320 g/mol. The Bertz CT molecular complexity index is 733. The van der Waals surface area contributed by atoms with E-state index in [0.29, 0.717) is 32.0 Å². The highest BCUT2D eigenvalue weighted by atomic mass is 16.5. The summed E-state index contributed by atoms with van der Waals surface area (Å²) in [7, 11) is 1.77. The Labute approximate surface area is 146 Å². The highest BCUT2D eigenvalue weighted by Crippen LogP contribution is 2.12. The van der Waals surface area contributed by atoms with Gasteiger partial charge in [0.25, 0.3) is 5.91 Å². The zero-order valence-electron chi connectivity index (χ0n) is 14.2. The Hall–Kier alpha value is -2.67. The van der Waals surface area contributed by atoms with Crippen LogP contribution in [-0.4, -0.2) is 34.8 Å². The van der Waals surface area contributed by atoms with Crippen molar-refractivity contribution in [2.45, 2.75) is 19.5 Å². The molecule has 1 fully saturated rings. The van der Waals surface area contributed by atoms with Crippen LogP contribution in [-0.2, 0) is 29.7 Å². The molecule has 1 unspecified atom stereocenters. The minimum atomic E-state index is -0.198. The van der Waals surface area contributed by atoms with Crippen LogP contribution in [0.5, 0.6) is 0 Å². The molecular formula is C18H22N4O3. The van der Waals surface area contributed by atoms with Crippen LogP contribution in [0.4, 0.5) is 0 Å². The van der Waals surface area contributed by atoms with Crippen LogP contribution in [0.3, 0.4) is 0 Å². The number of amides is 2. The third kappa shape index (κ3) is 4.67. The van der Waals surface area contributed by atoms with Gasteiger partial charge in [-0.1, -0.05) is 24.3 Å². The minimum absolute atomic E-state index is 0.0268. The summed E-state index contributed by atoms with van der Waals surface area (Å²) in [6.45, 7) is 2.11. The molecule has 1 aliphatic rings. The number of hydrogen-bond acceptors (Lipinski definition) is 4. The molecule has 7 nitrogen and oxygen atoms in total. The summed E-state index contributed by atoms with van der Waals surface area (Å²) >= 11 is 0. The van der Waals surface area contributed by atoms with Crippen molar-refractivity contribution in [2.75, 3.05) is 13.2 Å². The molecule has 2 aromatic rings. The summed E-state index contributed by atoms with van der Waals surface area (Å²) < 4.78 is 6.82. The summed E-state index contributed by atoms with van der Waals surface area (Å²) in [5.74, 6) is -0.180. The lowest BCUT2D eigenvalue weighted by Crippen LogP contribution is -2.30. The zero-order chi connectivity index (χ0) is 17.6. The van der Waals surface area contributed by atoms with Gasteiger partial charge < -0.3 is 15.4 Å². The maximum Gasteiger partial charge on any atom is 0.272 e. The second-order valence-electron chi connectivity index (χ2n) is 6.15. The lowest BCUT2D eigenvalue weighted by Gasteiger charge is -2.10. The first kappa shape index (κ1) is 17.2. The van der Waals surface area contributed by atoms with Crippen LogP contribution in [0.1, 0.15) is 28.0 Å². The lowest BCUT2D eigenvalue weighted by atomic mass is 10.1. The first-order valence-corrected chi connectivity index (χ1v) is 8.33. The number of nitrogens with one attached hydrogen (secondary N) is 2. The Morgan fingerprint density at radius 3 is 2.40 bits per heavy atom. The third-order valence-electron chi connectivity index (χ3n) is 4.19. The molecule has 7 heteroatoms. The summed E-state index contributed by atoms with van der Waals surface area (Å²) in [5.41, 5.74) is 2.41. The molecule has 0 radical (unpaired) electrons. The van der Waals surface area contributed by atoms with E-state index in [2.05, 4.69) is 15.7 Å². The van der Waals surface area contributed by atoms with Crippen LogP contribution in [0, 0.1) is 5.92 Å². The van der Waals surface area contributed by atoms with Gasteiger partial charge in [0.2, 0.25) is 5.91 Å². The van der Waals surface area contributed by atoms with Crippen molar-refractivity contribution in [3.8, 4) is 0 Å². The Morgan fingerprint density at radius 1 is 1.16 bits per heavy atom. The molecule has 1 saturated heterocycles. The topological polar surface area (TPSA) is 85.2 Å². The number of benzene rings is 1. The Kier molecular flexibility index (Phi) is 5.45. The fourth-order valence-corrected chi connectivity index (χ4v) is 2.66. The summed E-state index contributed by atoms with van der Waals surface area (Å²) in [4.78, 5) is 23.9. The van der Waals surface area contributed by atoms with Gasteiger partial charge in [0.05, 0.1) is 12.5 Å². The van der Waals surface area contributed by atoms with Gasteiger partial charge >= 0.3 is 0 Å². The van der Waals surface area contributed by atoms with Crippen molar-refractivity contribution in [3.63, 3.8) is 0 Å². The van der Waals surface area contributed by atoms with Crippen LogP contribution >= 0.6 is 0 Å². The SMILES string of the molecule is Cn1ccc(C(=O)NCc2ccc(CNC(=O)C3CCOC3)cc2)n1. The number of ether oxygens (including phenoxy) is 1. The number of hydrogen-bond donors (Lipinski definition) is 2. The van der Waals surface area contributed by atoms with Gasteiger partial charge in [-0.3, -0.25) is 14.3 Å². The van der Waals surface area contributed by atoms with Crippen LogP contribution in [0.15, 0.2) is 36.5 Å². The molecule has 2 N–H and O–H groups in total.